The van der Waals surface area contributed by atoms with Crippen LogP contribution in [0.3, 0.4) is 0 Å². The molecule has 2 aliphatic heterocycles. The number of aliphatic carboxylic acids is 1. The van der Waals surface area contributed by atoms with Crippen LogP contribution in [0.1, 0.15) is 5.69 Å². The minimum atomic E-state index is -1.57. The number of rotatable bonds is 9. The number of carboxylic acids is 1. The van der Waals surface area contributed by atoms with Crippen molar-refractivity contribution in [3.63, 3.8) is 0 Å². The van der Waals surface area contributed by atoms with Crippen LogP contribution in [0, 0.1) is 0 Å². The Morgan fingerprint density at radius 2 is 2.20 bits per heavy atom. The Kier molecular flexibility index (Phi) is 10.3. The molecule has 1 fully saturated rings. The molecule has 0 aliphatic carbocycles. The van der Waals surface area contributed by atoms with Crippen LogP contribution >= 0.6 is 23.1 Å². The minimum Gasteiger partial charge on any atom is -0.543 e. The van der Waals surface area contributed by atoms with E-state index in [1.807, 2.05) is 0 Å². The average Bonchev–Trinajstić information content (AvgIpc) is 3.24. The van der Waals surface area contributed by atoms with Gasteiger partial charge in [-0.15, -0.1) is 29.7 Å². The Hall–Kier alpha value is -2.85. The number of aromatic nitrogens is 1. The van der Waals surface area contributed by atoms with Crippen molar-refractivity contribution in [2.45, 2.75) is 11.4 Å². The number of ether oxygens (including phenoxy) is 1. The Balaban J connectivity index is 0.00000432. The predicted molar refractivity (Wildman–Crippen MR) is 121 cm³/mol. The normalized spacial score (nSPS) is 19.4. The molecule has 0 aromatic carbocycles. The van der Waals surface area contributed by atoms with Crippen LogP contribution in [0.5, 0.6) is 0 Å². The van der Waals surface area contributed by atoms with Gasteiger partial charge < -0.3 is 36.2 Å². The zero-order valence-electron chi connectivity index (χ0n) is 18.4. The van der Waals surface area contributed by atoms with Crippen molar-refractivity contribution in [1.29, 1.82) is 0 Å². The van der Waals surface area contributed by atoms with Gasteiger partial charge in [0, 0.05) is 17.7 Å². The van der Waals surface area contributed by atoms with Gasteiger partial charge >= 0.3 is 35.7 Å². The van der Waals surface area contributed by atoms with E-state index in [9.17, 15) is 29.5 Å². The zero-order chi connectivity index (χ0) is 24.8. The smallest absolute Gasteiger partial charge is 0.543 e. The number of nitrogens with two attached hydrogens (primary N) is 1. The molecule has 2 atom stereocenters. The van der Waals surface area contributed by atoms with Crippen LogP contribution in [-0.2, 0) is 19.1 Å². The fourth-order valence-electron chi connectivity index (χ4n) is 3.10. The molecule has 1 unspecified atom stereocenters. The molecule has 1 aromatic rings. The summed E-state index contributed by atoms with van der Waals surface area (Å²) >= 11 is 2.25. The molecule has 180 valence electrons. The molecule has 3 amide bonds. The fourth-order valence-corrected chi connectivity index (χ4v) is 4.97. The first kappa shape index (κ1) is 28.4. The molecular formula is C19H19N6NaO7S2. The van der Waals surface area contributed by atoms with Crippen LogP contribution in [0.4, 0.5) is 9.93 Å². The molecule has 3 heterocycles. The number of oxime groups is 1. The molecule has 0 saturated carbocycles. The van der Waals surface area contributed by atoms with Crippen LogP contribution in [0.2, 0.25) is 0 Å². The third-order valence-electron chi connectivity index (χ3n) is 4.58. The number of anilines is 1. The van der Waals surface area contributed by atoms with E-state index in [-0.39, 0.29) is 70.6 Å². The first-order valence-electron chi connectivity index (χ1n) is 9.60. The van der Waals surface area contributed by atoms with Crippen LogP contribution in [0.15, 0.2) is 46.6 Å². The second-order valence-corrected chi connectivity index (χ2v) is 8.71. The number of amides is 3. The van der Waals surface area contributed by atoms with E-state index in [2.05, 4.69) is 27.4 Å². The molecule has 0 spiro atoms. The van der Waals surface area contributed by atoms with Crippen molar-refractivity contribution in [3.8, 4) is 0 Å². The van der Waals surface area contributed by atoms with Gasteiger partial charge in [0.05, 0.1) is 11.7 Å². The van der Waals surface area contributed by atoms with Crippen molar-refractivity contribution < 1.29 is 63.8 Å². The van der Waals surface area contributed by atoms with E-state index >= 15 is 0 Å². The van der Waals surface area contributed by atoms with Crippen molar-refractivity contribution in [3.05, 3.63) is 47.2 Å². The third kappa shape index (κ3) is 6.43. The van der Waals surface area contributed by atoms with E-state index in [1.165, 1.54) is 35.4 Å². The van der Waals surface area contributed by atoms with Crippen LogP contribution in [-0.4, -0.2) is 75.0 Å². The Bertz CT molecular complexity index is 1120. The van der Waals surface area contributed by atoms with Crippen molar-refractivity contribution >= 4 is 57.8 Å². The van der Waals surface area contributed by atoms with E-state index in [4.69, 9.17) is 10.5 Å². The van der Waals surface area contributed by atoms with Crippen molar-refractivity contribution in [2.24, 2.45) is 5.16 Å². The maximum atomic E-state index is 12.7. The molecule has 35 heavy (non-hydrogen) atoms. The monoisotopic (exact) mass is 530 g/mol. The van der Waals surface area contributed by atoms with E-state index < -0.39 is 41.0 Å². The molecule has 2 aliphatic rings. The van der Waals surface area contributed by atoms with Gasteiger partial charge in [-0.05, 0) is 11.6 Å². The molecule has 16 heteroatoms. The summed E-state index contributed by atoms with van der Waals surface area (Å²) in [7, 11) is 0. The van der Waals surface area contributed by atoms with Gasteiger partial charge in [0.15, 0.2) is 10.8 Å². The molecule has 0 bridgehead atoms. The number of thiazole rings is 1. The fraction of sp³-hybridized carbons (Fsp3) is 0.263. The Labute approximate surface area is 229 Å². The van der Waals surface area contributed by atoms with E-state index in [1.54, 1.807) is 0 Å². The number of carboxylic acid groups (broad SMARTS) is 1. The number of hydrogen-bond acceptors (Lipinski definition) is 12. The van der Waals surface area contributed by atoms with Crippen molar-refractivity contribution in [2.75, 3.05) is 24.6 Å². The van der Waals surface area contributed by atoms with Gasteiger partial charge in [-0.2, -0.15) is 0 Å². The Morgan fingerprint density at radius 3 is 2.80 bits per heavy atom. The van der Waals surface area contributed by atoms with E-state index in [0.717, 1.165) is 16.2 Å². The summed E-state index contributed by atoms with van der Waals surface area (Å²) in [5, 5.41) is 29.6. The summed E-state index contributed by atoms with van der Waals surface area (Å²) < 4.78 is 4.90. The van der Waals surface area contributed by atoms with Crippen molar-refractivity contribution in [1.82, 2.24) is 20.5 Å². The first-order chi connectivity index (χ1) is 16.3. The van der Waals surface area contributed by atoms with Crippen LogP contribution < -0.4 is 51.0 Å². The summed E-state index contributed by atoms with van der Waals surface area (Å²) in [5.74, 6) is -2.93. The molecular weight excluding hydrogens is 511 g/mol. The SMILES string of the molecule is C=CCNC(=O)OC/C=C\C1=C(C(=O)[O-])N2C(=O)C(NC(=O)/C(=N\O)c3csc(N)n3)[C@H]2SC1.[Na+]. The van der Waals surface area contributed by atoms with Crippen LogP contribution in [0.25, 0.3) is 0 Å². The number of carbonyl (C=O) groups excluding carboxylic acids is 4. The number of carbonyl (C=O) groups is 4. The summed E-state index contributed by atoms with van der Waals surface area (Å²) in [5.41, 5.74) is 5.07. The van der Waals surface area contributed by atoms with Gasteiger partial charge in [-0.25, -0.2) is 9.78 Å². The number of fused-ring (bicyclic) bond motifs is 1. The molecule has 1 aromatic heterocycles. The second kappa shape index (κ2) is 12.7. The number of alkyl carbamates (subject to hydrolysis) is 1. The molecule has 0 radical (unpaired) electrons. The Morgan fingerprint density at radius 1 is 1.46 bits per heavy atom. The summed E-state index contributed by atoms with van der Waals surface area (Å²) in [4.78, 5) is 53.3. The number of nitrogens with one attached hydrogen (secondary N) is 2. The number of nitrogens with zero attached hydrogens (tertiary/aromatic N) is 3. The third-order valence-corrected chi connectivity index (χ3v) is 6.55. The largest absolute Gasteiger partial charge is 1.00 e. The number of β-lactam (4-membered cyclic amide) rings is 1. The molecule has 3 rings (SSSR count). The first-order valence-corrected chi connectivity index (χ1v) is 11.5. The van der Waals surface area contributed by atoms with Gasteiger partial charge in [0.25, 0.3) is 11.8 Å². The quantitative estimate of drug-likeness (QED) is 0.0606. The average molecular weight is 531 g/mol. The van der Waals surface area contributed by atoms with Gasteiger partial charge in [-0.1, -0.05) is 17.3 Å². The number of nitrogen functional groups attached to an aromatic ring is 1. The zero-order valence-corrected chi connectivity index (χ0v) is 22.1. The molecule has 13 nitrogen and oxygen atoms in total. The second-order valence-electron chi connectivity index (χ2n) is 6.71. The van der Waals surface area contributed by atoms with E-state index in [0.29, 0.717) is 0 Å². The maximum absolute atomic E-state index is 12.7. The minimum absolute atomic E-state index is 0. The standard InChI is InChI=1S/C19H20N6O7S2.Na/c1-2-5-21-19(30)32-6-3-4-9-7-33-16-12(15(27)25(16)13(9)17(28)29)23-14(26)11(24-31)10-8-34-18(20)22-10;/h2-4,8,12,16,31H,1,5-7H2,(H2,20,22)(H,21,30)(H,23,26)(H,28,29);/q;+1/p-1/b4-3-,24-11-;/t12?,16-;/m1./s1. The maximum Gasteiger partial charge on any atom is 1.00 e. The number of thioether (sulfide) groups is 1. The molecule has 5 N–H and O–H groups in total. The topological polar surface area (TPSA) is 199 Å². The van der Waals surface area contributed by atoms with Gasteiger partial charge in [0.2, 0.25) is 0 Å². The summed E-state index contributed by atoms with van der Waals surface area (Å²) in [6, 6.07) is -1.05. The summed E-state index contributed by atoms with van der Waals surface area (Å²) in [6.07, 6.45) is 3.67. The van der Waals surface area contributed by atoms with Gasteiger partial charge in [0.1, 0.15) is 23.7 Å². The van der Waals surface area contributed by atoms with Gasteiger partial charge in [-0.3, -0.25) is 14.5 Å². The number of allylic oxidation sites excluding steroid dienone is 1. The molecule has 1 saturated heterocycles. The number of hydrogen-bond donors (Lipinski definition) is 4. The predicted octanol–water partition coefficient (Wildman–Crippen LogP) is -4.22. The summed E-state index contributed by atoms with van der Waals surface area (Å²) in [6.45, 7) is 3.56.